The molecule has 2 atom stereocenters. The Morgan fingerprint density at radius 3 is 2.69 bits per heavy atom. The molecule has 2 heteroatoms. The summed E-state index contributed by atoms with van der Waals surface area (Å²) in [5, 5.41) is 13.1. The molecule has 0 saturated heterocycles. The van der Waals surface area contributed by atoms with Crippen molar-refractivity contribution in [3.05, 3.63) is 30.3 Å². The van der Waals surface area contributed by atoms with Crippen molar-refractivity contribution in [1.82, 2.24) is 0 Å². The summed E-state index contributed by atoms with van der Waals surface area (Å²) < 4.78 is 0. The highest BCUT2D eigenvalue weighted by Crippen LogP contribution is 2.38. The molecule has 0 amide bonds. The largest absolute Gasteiger partial charge is 0.394 e. The third-order valence-corrected chi connectivity index (χ3v) is 3.77. The molecule has 0 radical (unpaired) electrons. The second-order valence-electron chi connectivity index (χ2n) is 4.95. The minimum Gasteiger partial charge on any atom is -0.394 e. The van der Waals surface area contributed by atoms with Crippen molar-refractivity contribution >= 4 is 5.69 Å². The van der Waals surface area contributed by atoms with Crippen LogP contribution in [0, 0.1) is 5.92 Å². The highest BCUT2D eigenvalue weighted by molar-refractivity contribution is 5.45. The Kier molecular flexibility index (Phi) is 3.49. The van der Waals surface area contributed by atoms with E-state index < -0.39 is 0 Å². The van der Waals surface area contributed by atoms with E-state index in [4.69, 9.17) is 0 Å². The van der Waals surface area contributed by atoms with E-state index in [1.165, 1.54) is 12.8 Å². The van der Waals surface area contributed by atoms with E-state index in [1.807, 2.05) is 18.2 Å². The van der Waals surface area contributed by atoms with Gasteiger partial charge in [-0.3, -0.25) is 0 Å². The molecule has 1 aliphatic carbocycles. The van der Waals surface area contributed by atoms with Gasteiger partial charge in [0, 0.05) is 5.69 Å². The van der Waals surface area contributed by atoms with Crippen LogP contribution in [0.25, 0.3) is 0 Å². The molecule has 2 rings (SSSR count). The lowest BCUT2D eigenvalue weighted by Gasteiger charge is -2.30. The average molecular weight is 219 g/mol. The first-order chi connectivity index (χ1) is 7.78. The van der Waals surface area contributed by atoms with E-state index in [-0.39, 0.29) is 12.1 Å². The zero-order valence-corrected chi connectivity index (χ0v) is 9.95. The van der Waals surface area contributed by atoms with E-state index >= 15 is 0 Å². The lowest BCUT2D eigenvalue weighted by molar-refractivity contribution is 0.210. The lowest BCUT2D eigenvalue weighted by atomic mass is 9.95. The zero-order valence-electron chi connectivity index (χ0n) is 9.95. The van der Waals surface area contributed by atoms with Crippen LogP contribution in [0.2, 0.25) is 0 Å². The second kappa shape index (κ2) is 4.88. The molecule has 2 N–H and O–H groups in total. The first kappa shape index (κ1) is 11.5. The maximum absolute atomic E-state index is 9.63. The van der Waals surface area contributed by atoms with Crippen LogP contribution in [0.3, 0.4) is 0 Å². The number of aliphatic hydroxyl groups excluding tert-OH is 1. The molecule has 0 bridgehead atoms. The van der Waals surface area contributed by atoms with E-state index in [9.17, 15) is 5.11 Å². The summed E-state index contributed by atoms with van der Waals surface area (Å²) >= 11 is 0. The number of aliphatic hydroxyl groups is 1. The molecule has 1 aromatic rings. The molecule has 0 heterocycles. The molecule has 2 nitrogen and oxygen atoms in total. The number of anilines is 1. The molecule has 1 saturated carbocycles. The summed E-state index contributed by atoms with van der Waals surface area (Å²) in [5.74, 6) is 0.767. The molecule has 0 aromatic heterocycles. The van der Waals surface area contributed by atoms with Gasteiger partial charge >= 0.3 is 0 Å². The van der Waals surface area contributed by atoms with Crippen molar-refractivity contribution in [3.8, 4) is 0 Å². The van der Waals surface area contributed by atoms with Crippen LogP contribution in [0.5, 0.6) is 0 Å². The van der Waals surface area contributed by atoms with Gasteiger partial charge in [0.05, 0.1) is 12.1 Å². The Labute approximate surface area is 97.7 Å². The normalized spacial score (nSPS) is 29.2. The Morgan fingerprint density at radius 1 is 1.38 bits per heavy atom. The molecular formula is C14H21NO. The SMILES string of the molecule is CCC1CCC(CO)(Nc2ccccc2)C1. The van der Waals surface area contributed by atoms with Gasteiger partial charge in [-0.25, -0.2) is 0 Å². The van der Waals surface area contributed by atoms with Crippen LogP contribution in [0.15, 0.2) is 30.3 Å². The Morgan fingerprint density at radius 2 is 2.12 bits per heavy atom. The minimum atomic E-state index is -0.0813. The van der Waals surface area contributed by atoms with Crippen LogP contribution in [0.4, 0.5) is 5.69 Å². The van der Waals surface area contributed by atoms with E-state index in [0.29, 0.717) is 0 Å². The number of para-hydroxylation sites is 1. The van der Waals surface area contributed by atoms with Gasteiger partial charge in [-0.05, 0) is 37.3 Å². The number of nitrogens with one attached hydrogen (secondary N) is 1. The zero-order chi connectivity index (χ0) is 11.4. The van der Waals surface area contributed by atoms with Crippen LogP contribution in [0.1, 0.15) is 32.6 Å². The maximum atomic E-state index is 9.63. The van der Waals surface area contributed by atoms with Crippen molar-refractivity contribution in [1.29, 1.82) is 0 Å². The molecule has 1 aromatic carbocycles. The topological polar surface area (TPSA) is 32.3 Å². The van der Waals surface area contributed by atoms with Gasteiger partial charge in [0.2, 0.25) is 0 Å². The first-order valence-electron chi connectivity index (χ1n) is 6.22. The molecular weight excluding hydrogens is 198 g/mol. The molecule has 2 unspecified atom stereocenters. The van der Waals surface area contributed by atoms with Crippen molar-refractivity contribution in [3.63, 3.8) is 0 Å². The molecule has 1 aliphatic rings. The summed E-state index contributed by atoms with van der Waals surface area (Å²) in [6.07, 6.45) is 4.63. The van der Waals surface area contributed by atoms with E-state index in [0.717, 1.165) is 24.4 Å². The van der Waals surface area contributed by atoms with Crippen molar-refractivity contribution in [2.75, 3.05) is 11.9 Å². The quantitative estimate of drug-likeness (QED) is 0.815. The van der Waals surface area contributed by atoms with Crippen LogP contribution >= 0.6 is 0 Å². The van der Waals surface area contributed by atoms with Gasteiger partial charge in [0.15, 0.2) is 0 Å². The second-order valence-corrected chi connectivity index (χ2v) is 4.95. The third kappa shape index (κ3) is 2.38. The van der Waals surface area contributed by atoms with Crippen molar-refractivity contribution < 1.29 is 5.11 Å². The van der Waals surface area contributed by atoms with Gasteiger partial charge in [-0.15, -0.1) is 0 Å². The summed E-state index contributed by atoms with van der Waals surface area (Å²) in [5.41, 5.74) is 1.04. The van der Waals surface area contributed by atoms with Gasteiger partial charge < -0.3 is 10.4 Å². The minimum absolute atomic E-state index is 0.0813. The molecule has 88 valence electrons. The standard InChI is InChI=1S/C14H21NO/c1-2-12-8-9-14(10-12,11-16)15-13-6-4-3-5-7-13/h3-7,12,15-16H,2,8-11H2,1H3. The number of rotatable bonds is 4. The Balaban J connectivity index is 2.06. The first-order valence-corrected chi connectivity index (χ1v) is 6.22. The summed E-state index contributed by atoms with van der Waals surface area (Å²) in [4.78, 5) is 0. The summed E-state index contributed by atoms with van der Waals surface area (Å²) in [7, 11) is 0. The number of hydrogen-bond donors (Lipinski definition) is 2. The monoisotopic (exact) mass is 219 g/mol. The average Bonchev–Trinajstić information content (AvgIpc) is 2.75. The smallest absolute Gasteiger partial charge is 0.0661 e. The van der Waals surface area contributed by atoms with Crippen molar-refractivity contribution in [2.24, 2.45) is 5.92 Å². The fourth-order valence-electron chi connectivity index (χ4n) is 2.71. The number of hydrogen-bond acceptors (Lipinski definition) is 2. The van der Waals surface area contributed by atoms with Gasteiger partial charge in [0.25, 0.3) is 0 Å². The highest BCUT2D eigenvalue weighted by atomic mass is 16.3. The highest BCUT2D eigenvalue weighted by Gasteiger charge is 2.37. The van der Waals surface area contributed by atoms with E-state index in [2.05, 4.69) is 24.4 Å². The molecule has 1 fully saturated rings. The molecule has 16 heavy (non-hydrogen) atoms. The van der Waals surface area contributed by atoms with Gasteiger partial charge in [-0.1, -0.05) is 31.5 Å². The Bertz CT molecular complexity index is 325. The van der Waals surface area contributed by atoms with Gasteiger partial charge in [0.1, 0.15) is 0 Å². The molecule has 0 spiro atoms. The maximum Gasteiger partial charge on any atom is 0.0661 e. The Hall–Kier alpha value is -1.02. The molecule has 0 aliphatic heterocycles. The lowest BCUT2D eigenvalue weighted by Crippen LogP contribution is -2.39. The van der Waals surface area contributed by atoms with Gasteiger partial charge in [-0.2, -0.15) is 0 Å². The van der Waals surface area contributed by atoms with Crippen LogP contribution in [-0.4, -0.2) is 17.3 Å². The summed E-state index contributed by atoms with van der Waals surface area (Å²) in [6.45, 7) is 2.47. The van der Waals surface area contributed by atoms with Crippen LogP contribution < -0.4 is 5.32 Å². The predicted octanol–water partition coefficient (Wildman–Crippen LogP) is 3.04. The van der Waals surface area contributed by atoms with Crippen LogP contribution in [-0.2, 0) is 0 Å². The third-order valence-electron chi connectivity index (χ3n) is 3.77. The van der Waals surface area contributed by atoms with Crippen molar-refractivity contribution in [2.45, 2.75) is 38.1 Å². The van der Waals surface area contributed by atoms with E-state index in [1.54, 1.807) is 0 Å². The fourth-order valence-corrected chi connectivity index (χ4v) is 2.71. The summed E-state index contributed by atoms with van der Waals surface area (Å²) in [6, 6.07) is 10.2. The predicted molar refractivity (Wildman–Crippen MR) is 67.5 cm³/mol. The number of benzene rings is 1. The fraction of sp³-hybridized carbons (Fsp3) is 0.571.